The number of ether oxygens (including phenoxy) is 1. The summed E-state index contributed by atoms with van der Waals surface area (Å²) in [7, 11) is 1.24. The highest BCUT2D eigenvalue weighted by atomic mass is 19.1. The number of carbonyl (C=O) groups is 2. The highest BCUT2D eigenvalue weighted by Crippen LogP contribution is 2.34. The van der Waals surface area contributed by atoms with Crippen LogP contribution in [0.25, 0.3) is 0 Å². The number of piperidine rings is 1. The largest absolute Gasteiger partial charge is 0.465 e. The van der Waals surface area contributed by atoms with Crippen molar-refractivity contribution in [3.8, 4) is 0 Å². The second kappa shape index (κ2) is 8.67. The van der Waals surface area contributed by atoms with Gasteiger partial charge in [0.25, 0.3) is 5.91 Å². The predicted octanol–water partition coefficient (Wildman–Crippen LogP) is 1.44. The van der Waals surface area contributed by atoms with Gasteiger partial charge in [-0.3, -0.25) is 9.78 Å². The zero-order valence-electron chi connectivity index (χ0n) is 16.0. The SMILES string of the molecule is COC(=O)c1cncc(C(=O)N2CC[C@H](O)[C@@](CO)(Cc3ccc(F)cc3)C2)c1. The summed E-state index contributed by atoms with van der Waals surface area (Å²) in [6.45, 7) is 0.0761. The summed E-state index contributed by atoms with van der Waals surface area (Å²) in [5.74, 6) is -1.32. The number of carbonyl (C=O) groups excluding carboxylic acids is 2. The van der Waals surface area contributed by atoms with Gasteiger partial charge in [-0.2, -0.15) is 0 Å². The number of benzene rings is 1. The first kappa shape index (κ1) is 20.9. The molecule has 1 aromatic heterocycles. The lowest BCUT2D eigenvalue weighted by molar-refractivity contribution is -0.0668. The van der Waals surface area contributed by atoms with E-state index in [9.17, 15) is 24.2 Å². The molecule has 1 aliphatic rings. The Labute approximate surface area is 167 Å². The van der Waals surface area contributed by atoms with Crippen LogP contribution in [0.5, 0.6) is 0 Å². The summed E-state index contributed by atoms with van der Waals surface area (Å²) in [6.07, 6.45) is 2.43. The Morgan fingerprint density at radius 2 is 1.97 bits per heavy atom. The minimum atomic E-state index is -0.973. The third-order valence-electron chi connectivity index (χ3n) is 5.36. The Balaban J connectivity index is 1.83. The second-order valence-electron chi connectivity index (χ2n) is 7.31. The van der Waals surface area contributed by atoms with Gasteiger partial charge < -0.3 is 19.8 Å². The van der Waals surface area contributed by atoms with Crippen LogP contribution in [0.15, 0.2) is 42.7 Å². The lowest BCUT2D eigenvalue weighted by atomic mass is 9.73. The summed E-state index contributed by atoms with van der Waals surface area (Å²) in [6, 6.07) is 7.26. The fourth-order valence-electron chi connectivity index (χ4n) is 3.68. The molecule has 1 aliphatic heterocycles. The molecule has 1 amide bonds. The predicted molar refractivity (Wildman–Crippen MR) is 102 cm³/mol. The average Bonchev–Trinajstić information content (AvgIpc) is 2.76. The van der Waals surface area contributed by atoms with E-state index in [1.165, 1.54) is 42.6 Å². The zero-order chi connectivity index (χ0) is 21.0. The number of likely N-dealkylation sites (tertiary alicyclic amines) is 1. The van der Waals surface area contributed by atoms with E-state index in [0.29, 0.717) is 6.54 Å². The number of rotatable bonds is 5. The smallest absolute Gasteiger partial charge is 0.339 e. The maximum atomic E-state index is 13.2. The number of aromatic nitrogens is 1. The molecular weight excluding hydrogens is 379 g/mol. The highest BCUT2D eigenvalue weighted by molar-refractivity contribution is 5.97. The van der Waals surface area contributed by atoms with Crippen molar-refractivity contribution in [2.24, 2.45) is 5.41 Å². The average molecular weight is 402 g/mol. The Bertz CT molecular complexity index is 889. The van der Waals surface area contributed by atoms with Gasteiger partial charge in [-0.25, -0.2) is 9.18 Å². The number of amides is 1. The van der Waals surface area contributed by atoms with Crippen molar-refractivity contribution in [2.45, 2.75) is 18.9 Å². The summed E-state index contributed by atoms with van der Waals surface area (Å²) < 4.78 is 17.9. The van der Waals surface area contributed by atoms with Crippen LogP contribution in [0.2, 0.25) is 0 Å². The van der Waals surface area contributed by atoms with Crippen molar-refractivity contribution in [3.63, 3.8) is 0 Å². The van der Waals surface area contributed by atoms with E-state index < -0.39 is 17.5 Å². The van der Waals surface area contributed by atoms with Crippen molar-refractivity contribution in [1.29, 1.82) is 0 Å². The summed E-state index contributed by atoms with van der Waals surface area (Å²) in [5.41, 5.74) is 0.162. The van der Waals surface area contributed by atoms with Crippen molar-refractivity contribution >= 4 is 11.9 Å². The molecule has 1 aromatic carbocycles. The van der Waals surface area contributed by atoms with E-state index >= 15 is 0 Å². The molecule has 2 aromatic rings. The third kappa shape index (κ3) is 4.44. The van der Waals surface area contributed by atoms with E-state index in [1.807, 2.05) is 0 Å². The molecule has 7 nitrogen and oxygen atoms in total. The highest BCUT2D eigenvalue weighted by Gasteiger charge is 2.44. The molecule has 8 heteroatoms. The molecule has 2 heterocycles. The lowest BCUT2D eigenvalue weighted by Crippen LogP contribution is -2.56. The number of methoxy groups -OCH3 is 1. The number of pyridine rings is 1. The molecule has 0 saturated carbocycles. The van der Waals surface area contributed by atoms with Crippen LogP contribution >= 0.6 is 0 Å². The van der Waals surface area contributed by atoms with Crippen LogP contribution in [0, 0.1) is 11.2 Å². The van der Waals surface area contributed by atoms with E-state index in [-0.39, 0.29) is 48.8 Å². The van der Waals surface area contributed by atoms with Crippen molar-refractivity contribution in [1.82, 2.24) is 9.88 Å². The number of halogens is 1. The van der Waals surface area contributed by atoms with Gasteiger partial charge >= 0.3 is 5.97 Å². The number of nitrogens with zero attached hydrogens (tertiary/aromatic N) is 2. The first-order valence-electron chi connectivity index (χ1n) is 9.24. The van der Waals surface area contributed by atoms with Crippen LogP contribution in [-0.2, 0) is 11.2 Å². The fourth-order valence-corrected chi connectivity index (χ4v) is 3.68. The first-order valence-corrected chi connectivity index (χ1v) is 9.24. The molecule has 0 unspecified atom stereocenters. The Hall–Kier alpha value is -2.84. The van der Waals surface area contributed by atoms with Gasteiger partial charge in [-0.05, 0) is 36.6 Å². The maximum Gasteiger partial charge on any atom is 0.339 e. The summed E-state index contributed by atoms with van der Waals surface area (Å²) in [4.78, 5) is 30.2. The van der Waals surface area contributed by atoms with Crippen LogP contribution in [0.4, 0.5) is 4.39 Å². The minimum Gasteiger partial charge on any atom is -0.465 e. The van der Waals surface area contributed by atoms with Crippen LogP contribution < -0.4 is 0 Å². The Kier molecular flexibility index (Phi) is 6.24. The molecule has 154 valence electrons. The number of esters is 1. The van der Waals surface area contributed by atoms with Gasteiger partial charge in [-0.15, -0.1) is 0 Å². The van der Waals surface area contributed by atoms with E-state index in [4.69, 9.17) is 0 Å². The number of hydrogen-bond acceptors (Lipinski definition) is 6. The van der Waals surface area contributed by atoms with Crippen molar-refractivity contribution in [3.05, 3.63) is 65.2 Å². The normalized spacial score (nSPS) is 21.7. The molecule has 0 spiro atoms. The van der Waals surface area contributed by atoms with E-state index in [2.05, 4.69) is 9.72 Å². The Morgan fingerprint density at radius 3 is 2.62 bits per heavy atom. The monoisotopic (exact) mass is 402 g/mol. The van der Waals surface area contributed by atoms with Gasteiger partial charge in [-0.1, -0.05) is 12.1 Å². The summed E-state index contributed by atoms with van der Waals surface area (Å²) >= 11 is 0. The van der Waals surface area contributed by atoms with Gasteiger partial charge in [0.15, 0.2) is 0 Å². The molecule has 0 aliphatic carbocycles. The molecule has 2 N–H and O–H groups in total. The van der Waals surface area contributed by atoms with E-state index in [1.54, 1.807) is 12.1 Å². The zero-order valence-corrected chi connectivity index (χ0v) is 16.0. The second-order valence-corrected chi connectivity index (χ2v) is 7.31. The van der Waals surface area contributed by atoms with E-state index in [0.717, 1.165) is 5.56 Å². The third-order valence-corrected chi connectivity index (χ3v) is 5.36. The van der Waals surface area contributed by atoms with Crippen LogP contribution in [0.3, 0.4) is 0 Å². The fraction of sp³-hybridized carbons (Fsp3) is 0.381. The molecule has 1 saturated heterocycles. The molecule has 0 bridgehead atoms. The minimum absolute atomic E-state index is 0.114. The Morgan fingerprint density at radius 1 is 1.28 bits per heavy atom. The van der Waals surface area contributed by atoms with Crippen LogP contribution in [0.1, 0.15) is 32.7 Å². The number of aliphatic hydroxyl groups excluding tert-OH is 2. The van der Waals surface area contributed by atoms with Gasteiger partial charge in [0.2, 0.25) is 0 Å². The number of aliphatic hydroxyl groups is 2. The molecule has 3 rings (SSSR count). The lowest BCUT2D eigenvalue weighted by Gasteiger charge is -2.45. The molecule has 1 fully saturated rings. The van der Waals surface area contributed by atoms with Crippen molar-refractivity contribution < 1.29 is 28.9 Å². The standard InChI is InChI=1S/C21H23FN2O5/c1-29-20(28)16-8-15(10-23-11-16)19(27)24-7-6-18(26)21(12-24,13-25)9-14-2-4-17(22)5-3-14/h2-5,8,10-11,18,25-26H,6-7,9,12-13H2,1H3/t18-,21-/m0/s1. The molecule has 2 atom stereocenters. The maximum absolute atomic E-state index is 13.2. The van der Waals surface area contributed by atoms with Gasteiger partial charge in [0.1, 0.15) is 5.82 Å². The van der Waals surface area contributed by atoms with Crippen molar-refractivity contribution in [2.75, 3.05) is 26.8 Å². The summed E-state index contributed by atoms with van der Waals surface area (Å²) in [5, 5.41) is 20.7. The quantitative estimate of drug-likeness (QED) is 0.734. The molecule has 0 radical (unpaired) electrons. The van der Waals surface area contributed by atoms with Gasteiger partial charge in [0, 0.05) is 30.9 Å². The molecular formula is C21H23FN2O5. The number of hydrogen-bond donors (Lipinski definition) is 2. The van der Waals surface area contributed by atoms with Gasteiger partial charge in [0.05, 0.1) is 30.9 Å². The topological polar surface area (TPSA) is 100.0 Å². The molecule has 29 heavy (non-hydrogen) atoms. The first-order chi connectivity index (χ1) is 13.9. The van der Waals surface area contributed by atoms with Crippen LogP contribution in [-0.4, -0.2) is 64.9 Å².